The van der Waals surface area contributed by atoms with E-state index in [4.69, 9.17) is 0 Å². The van der Waals surface area contributed by atoms with Crippen LogP contribution in [0.15, 0.2) is 61.2 Å². The Morgan fingerprint density at radius 1 is 1.10 bits per heavy atom. The van der Waals surface area contributed by atoms with Crippen LogP contribution in [0, 0.1) is 6.92 Å². The first kappa shape index (κ1) is 13.1. The van der Waals surface area contributed by atoms with E-state index >= 15 is 0 Å². The highest BCUT2D eigenvalue weighted by Gasteiger charge is 2.10. The van der Waals surface area contributed by atoms with Gasteiger partial charge in [0.15, 0.2) is 5.78 Å². The van der Waals surface area contributed by atoms with E-state index in [0.717, 1.165) is 5.69 Å². The molecule has 0 aliphatic carbocycles. The summed E-state index contributed by atoms with van der Waals surface area (Å²) in [6, 6.07) is 12.2. The number of aromatic hydroxyl groups is 1. The lowest BCUT2D eigenvalue weighted by atomic mass is 10.0. The van der Waals surface area contributed by atoms with Gasteiger partial charge in [0, 0.05) is 29.2 Å². The van der Waals surface area contributed by atoms with E-state index in [1.54, 1.807) is 49.8 Å². The number of phenolic OH excluding ortho intramolecular Hbond substituents is 1. The van der Waals surface area contributed by atoms with Crippen LogP contribution in [0.5, 0.6) is 5.75 Å². The second-order valence-electron chi connectivity index (χ2n) is 4.85. The van der Waals surface area contributed by atoms with Crippen LogP contribution in [0.4, 0.5) is 0 Å². The molecule has 0 unspecified atom stereocenters. The lowest BCUT2D eigenvalue weighted by Gasteiger charge is -2.06. The molecule has 104 valence electrons. The number of aryl methyl sites for hydroxylation is 1. The molecule has 0 amide bonds. The Bertz CT molecular complexity index is 775. The number of imidazole rings is 1. The van der Waals surface area contributed by atoms with Gasteiger partial charge in [-0.2, -0.15) is 0 Å². The average Bonchev–Trinajstić information content (AvgIpc) is 3.04. The zero-order valence-corrected chi connectivity index (χ0v) is 11.5. The van der Waals surface area contributed by atoms with E-state index in [-0.39, 0.29) is 11.5 Å². The molecular weight excluding hydrogens is 264 g/mol. The van der Waals surface area contributed by atoms with Gasteiger partial charge in [-0.15, -0.1) is 0 Å². The molecule has 0 fully saturated rings. The van der Waals surface area contributed by atoms with Crippen LogP contribution < -0.4 is 0 Å². The van der Waals surface area contributed by atoms with Gasteiger partial charge in [0.05, 0.1) is 6.33 Å². The standard InChI is InChI=1S/C17H14N2O2/c1-12-10-14(4-7-16(12)20)17(21)13-2-5-15(6-3-13)19-9-8-18-11-19/h2-11,20H,1H3. The number of carbonyl (C=O) groups excluding carboxylic acids is 1. The van der Waals surface area contributed by atoms with Crippen molar-refractivity contribution in [3.05, 3.63) is 77.9 Å². The lowest BCUT2D eigenvalue weighted by molar-refractivity contribution is 0.103. The van der Waals surface area contributed by atoms with Crippen molar-refractivity contribution in [3.8, 4) is 11.4 Å². The maximum atomic E-state index is 12.4. The van der Waals surface area contributed by atoms with Crippen molar-refractivity contribution in [2.75, 3.05) is 0 Å². The number of benzene rings is 2. The molecule has 0 aliphatic rings. The van der Waals surface area contributed by atoms with E-state index in [9.17, 15) is 9.90 Å². The zero-order valence-electron chi connectivity index (χ0n) is 11.5. The maximum Gasteiger partial charge on any atom is 0.193 e. The molecule has 4 nitrogen and oxygen atoms in total. The summed E-state index contributed by atoms with van der Waals surface area (Å²) in [5, 5.41) is 9.52. The molecule has 3 aromatic rings. The van der Waals surface area contributed by atoms with Gasteiger partial charge in [0.25, 0.3) is 0 Å². The Balaban J connectivity index is 1.89. The third-order valence-corrected chi connectivity index (χ3v) is 3.39. The molecule has 1 heterocycles. The molecule has 0 spiro atoms. The van der Waals surface area contributed by atoms with Gasteiger partial charge < -0.3 is 9.67 Å². The Labute approximate surface area is 122 Å². The molecule has 1 aromatic heterocycles. The third-order valence-electron chi connectivity index (χ3n) is 3.39. The van der Waals surface area contributed by atoms with Gasteiger partial charge in [0.1, 0.15) is 5.75 Å². The van der Waals surface area contributed by atoms with Crippen LogP contribution in [-0.4, -0.2) is 20.4 Å². The number of ketones is 1. The third kappa shape index (κ3) is 2.56. The summed E-state index contributed by atoms with van der Waals surface area (Å²) in [6.45, 7) is 1.77. The van der Waals surface area contributed by atoms with Crippen LogP contribution in [0.25, 0.3) is 5.69 Å². The predicted molar refractivity (Wildman–Crippen MR) is 79.8 cm³/mol. The van der Waals surface area contributed by atoms with E-state index in [1.165, 1.54) is 0 Å². The first-order valence-corrected chi connectivity index (χ1v) is 6.58. The summed E-state index contributed by atoms with van der Waals surface area (Å²) in [5.74, 6) is 0.136. The predicted octanol–water partition coefficient (Wildman–Crippen LogP) is 3.12. The zero-order chi connectivity index (χ0) is 14.8. The van der Waals surface area contributed by atoms with E-state index in [0.29, 0.717) is 16.7 Å². The van der Waals surface area contributed by atoms with Crippen molar-refractivity contribution in [3.63, 3.8) is 0 Å². The van der Waals surface area contributed by atoms with Crippen LogP contribution in [0.3, 0.4) is 0 Å². The SMILES string of the molecule is Cc1cc(C(=O)c2ccc(-n3ccnc3)cc2)ccc1O. The minimum atomic E-state index is -0.0599. The lowest BCUT2D eigenvalue weighted by Crippen LogP contribution is -2.02. The molecular formula is C17H14N2O2. The van der Waals surface area contributed by atoms with Gasteiger partial charge >= 0.3 is 0 Å². The van der Waals surface area contributed by atoms with Gasteiger partial charge in [-0.1, -0.05) is 0 Å². The highest BCUT2D eigenvalue weighted by Crippen LogP contribution is 2.20. The Kier molecular flexibility index (Phi) is 3.28. The summed E-state index contributed by atoms with van der Waals surface area (Å²) >= 11 is 0. The minimum absolute atomic E-state index is 0.0599. The Morgan fingerprint density at radius 2 is 1.81 bits per heavy atom. The number of nitrogens with zero attached hydrogens (tertiary/aromatic N) is 2. The Morgan fingerprint density at radius 3 is 2.43 bits per heavy atom. The maximum absolute atomic E-state index is 12.4. The van der Waals surface area contributed by atoms with Crippen LogP contribution in [0.1, 0.15) is 21.5 Å². The second-order valence-corrected chi connectivity index (χ2v) is 4.85. The number of hydrogen-bond donors (Lipinski definition) is 1. The summed E-state index contributed by atoms with van der Waals surface area (Å²) in [4.78, 5) is 16.4. The highest BCUT2D eigenvalue weighted by atomic mass is 16.3. The molecule has 4 heteroatoms. The number of rotatable bonds is 3. The smallest absolute Gasteiger partial charge is 0.193 e. The van der Waals surface area contributed by atoms with Gasteiger partial charge in [-0.3, -0.25) is 4.79 Å². The van der Waals surface area contributed by atoms with Crippen molar-refractivity contribution < 1.29 is 9.90 Å². The molecule has 0 aliphatic heterocycles. The van der Waals surface area contributed by atoms with E-state index in [2.05, 4.69) is 4.98 Å². The fourth-order valence-electron chi connectivity index (χ4n) is 2.16. The average molecular weight is 278 g/mol. The van der Waals surface area contributed by atoms with Gasteiger partial charge in [-0.25, -0.2) is 4.98 Å². The first-order valence-electron chi connectivity index (χ1n) is 6.58. The summed E-state index contributed by atoms with van der Waals surface area (Å²) < 4.78 is 1.87. The van der Waals surface area contributed by atoms with Gasteiger partial charge in [-0.05, 0) is 55.0 Å². The van der Waals surface area contributed by atoms with Crippen molar-refractivity contribution in [1.82, 2.24) is 9.55 Å². The minimum Gasteiger partial charge on any atom is -0.508 e. The van der Waals surface area contributed by atoms with E-state index in [1.807, 2.05) is 22.9 Å². The Hall–Kier alpha value is -2.88. The number of aromatic nitrogens is 2. The van der Waals surface area contributed by atoms with Crippen LogP contribution in [0.2, 0.25) is 0 Å². The van der Waals surface area contributed by atoms with Crippen molar-refractivity contribution >= 4 is 5.78 Å². The number of phenols is 1. The molecule has 3 rings (SSSR count). The normalized spacial score (nSPS) is 10.5. The number of carbonyl (C=O) groups is 1. The van der Waals surface area contributed by atoms with Crippen LogP contribution in [-0.2, 0) is 0 Å². The fourth-order valence-corrected chi connectivity index (χ4v) is 2.16. The summed E-state index contributed by atoms with van der Waals surface area (Å²) in [5.41, 5.74) is 2.83. The molecule has 0 atom stereocenters. The molecule has 0 radical (unpaired) electrons. The monoisotopic (exact) mass is 278 g/mol. The first-order chi connectivity index (χ1) is 10.1. The summed E-state index contributed by atoms with van der Waals surface area (Å²) in [6.07, 6.45) is 5.26. The molecule has 1 N–H and O–H groups in total. The molecule has 21 heavy (non-hydrogen) atoms. The second kappa shape index (κ2) is 5.25. The fraction of sp³-hybridized carbons (Fsp3) is 0.0588. The largest absolute Gasteiger partial charge is 0.508 e. The van der Waals surface area contributed by atoms with Crippen molar-refractivity contribution in [2.24, 2.45) is 0 Å². The molecule has 0 saturated carbocycles. The topological polar surface area (TPSA) is 55.1 Å². The van der Waals surface area contributed by atoms with E-state index < -0.39 is 0 Å². The molecule has 0 bridgehead atoms. The molecule has 2 aromatic carbocycles. The highest BCUT2D eigenvalue weighted by molar-refractivity contribution is 6.09. The van der Waals surface area contributed by atoms with Crippen LogP contribution >= 0.6 is 0 Å². The summed E-state index contributed by atoms with van der Waals surface area (Å²) in [7, 11) is 0. The van der Waals surface area contributed by atoms with Gasteiger partial charge in [0.2, 0.25) is 0 Å². The molecule has 0 saturated heterocycles. The number of hydrogen-bond acceptors (Lipinski definition) is 3. The van der Waals surface area contributed by atoms with Crippen molar-refractivity contribution in [1.29, 1.82) is 0 Å². The van der Waals surface area contributed by atoms with Crippen molar-refractivity contribution in [2.45, 2.75) is 6.92 Å². The quantitative estimate of drug-likeness (QED) is 0.749.